The van der Waals surface area contributed by atoms with Crippen LogP contribution in [0.15, 0.2) is 82.9 Å². The lowest BCUT2D eigenvalue weighted by atomic mass is 9.81. The van der Waals surface area contributed by atoms with Crippen LogP contribution >= 0.6 is 0 Å². The molecule has 11 nitrogen and oxygen atoms in total. The smallest absolute Gasteiger partial charge is 0.266 e. The van der Waals surface area contributed by atoms with E-state index in [1.54, 1.807) is 19.2 Å². The van der Waals surface area contributed by atoms with Gasteiger partial charge >= 0.3 is 0 Å². The van der Waals surface area contributed by atoms with Crippen LogP contribution in [-0.2, 0) is 16.0 Å². The number of rotatable bonds is 14. The minimum absolute atomic E-state index is 0.0524. The third kappa shape index (κ3) is 7.75. The summed E-state index contributed by atoms with van der Waals surface area (Å²) in [5, 5.41) is 13.0. The van der Waals surface area contributed by atoms with Crippen LogP contribution in [-0.4, -0.2) is 49.3 Å². The third-order valence-corrected chi connectivity index (χ3v) is 8.35. The van der Waals surface area contributed by atoms with E-state index in [1.165, 1.54) is 19.3 Å². The van der Waals surface area contributed by atoms with Crippen molar-refractivity contribution in [3.05, 3.63) is 99.9 Å². The number of benzene rings is 3. The molecule has 0 aromatic heterocycles. The number of carbonyl (C=O) groups excluding carboxylic acids is 1. The van der Waals surface area contributed by atoms with E-state index in [9.17, 15) is 10.3 Å². The van der Waals surface area contributed by atoms with Gasteiger partial charge in [0.1, 0.15) is 11.5 Å². The summed E-state index contributed by atoms with van der Waals surface area (Å²) in [6.45, 7) is 1.11. The number of hydrazine groups is 1. The van der Waals surface area contributed by atoms with Crippen LogP contribution in [0.5, 0.6) is 11.5 Å². The Morgan fingerprint density at radius 3 is 2.64 bits per heavy atom. The predicted octanol–water partition coefficient (Wildman–Crippen LogP) is 6.10. The van der Waals surface area contributed by atoms with Crippen molar-refractivity contribution in [3.8, 4) is 11.5 Å². The van der Waals surface area contributed by atoms with Crippen molar-refractivity contribution in [1.82, 2.24) is 10.9 Å². The van der Waals surface area contributed by atoms with Gasteiger partial charge in [-0.05, 0) is 71.8 Å². The van der Waals surface area contributed by atoms with Crippen molar-refractivity contribution in [2.24, 2.45) is 16.0 Å². The van der Waals surface area contributed by atoms with Gasteiger partial charge in [-0.2, -0.15) is 0 Å². The molecule has 0 unspecified atom stereocenters. The number of hydrogen-bond donors (Lipinski definition) is 3. The van der Waals surface area contributed by atoms with Gasteiger partial charge in [-0.25, -0.2) is 10.4 Å². The number of aliphatic hydroxyl groups excluding tert-OH is 1. The fourth-order valence-corrected chi connectivity index (χ4v) is 5.96. The quantitative estimate of drug-likeness (QED) is 0.0658. The summed E-state index contributed by atoms with van der Waals surface area (Å²) >= 11 is 0. The summed E-state index contributed by atoms with van der Waals surface area (Å²) in [6.07, 6.45) is 5.71. The Morgan fingerprint density at radius 2 is 1.89 bits per heavy atom. The van der Waals surface area contributed by atoms with E-state index in [0.717, 1.165) is 12.8 Å². The number of aliphatic imine (C=N–C) groups is 1. The average molecular weight is 613 g/mol. The highest BCUT2D eigenvalue weighted by Crippen LogP contribution is 2.44. The lowest BCUT2D eigenvalue weighted by Gasteiger charge is -2.32. The Bertz CT molecular complexity index is 1520. The number of hydrogen-bond acceptors (Lipinski definition) is 8. The molecule has 1 aliphatic heterocycles. The molecular weight excluding hydrogens is 572 g/mol. The highest BCUT2D eigenvalue weighted by Gasteiger charge is 2.53. The van der Waals surface area contributed by atoms with Crippen LogP contribution in [0.2, 0.25) is 0 Å². The van der Waals surface area contributed by atoms with Gasteiger partial charge in [-0.3, -0.25) is 10.2 Å². The van der Waals surface area contributed by atoms with Gasteiger partial charge in [0, 0.05) is 42.2 Å². The molecule has 0 spiro atoms. The third-order valence-electron chi connectivity index (χ3n) is 8.35. The second-order valence-corrected chi connectivity index (χ2v) is 11.4. The van der Waals surface area contributed by atoms with Gasteiger partial charge < -0.3 is 19.3 Å². The normalized spacial score (nSPS) is 19.6. The van der Waals surface area contributed by atoms with Gasteiger partial charge in [-0.15, -0.1) is 0 Å². The molecule has 5 rings (SSSR count). The van der Waals surface area contributed by atoms with Crippen molar-refractivity contribution in [2.45, 2.75) is 56.6 Å². The van der Waals surface area contributed by atoms with Gasteiger partial charge in [0.05, 0.1) is 13.7 Å². The van der Waals surface area contributed by atoms with Crippen LogP contribution in [0, 0.1) is 5.92 Å². The second-order valence-electron chi connectivity index (χ2n) is 11.4. The highest BCUT2D eigenvalue weighted by atomic mass is 16.5. The first kappa shape index (κ1) is 31.8. The fraction of sp³-hybridized carbons (Fsp3) is 0.412. The molecule has 1 saturated carbocycles. The Morgan fingerprint density at radius 1 is 1.09 bits per heavy atom. The molecule has 2 atom stereocenters. The van der Waals surface area contributed by atoms with Gasteiger partial charge in [-0.1, -0.05) is 60.8 Å². The maximum absolute atomic E-state index is 14.5. The SMILES string of the molecule is COc1cccc([C@@H]2OC(c3ccc(OCCCO)cc3)=N[C@]2(Cc2ccccc2N=[N+]=[N-])C(=O)NNCC2CCCCC2)c1. The molecule has 11 heteroatoms. The highest BCUT2D eigenvalue weighted by molar-refractivity contribution is 6.01. The molecule has 3 aromatic carbocycles. The Kier molecular flexibility index (Phi) is 10.9. The predicted molar refractivity (Wildman–Crippen MR) is 171 cm³/mol. The van der Waals surface area contributed by atoms with E-state index in [-0.39, 0.29) is 18.9 Å². The molecule has 236 valence electrons. The first-order valence-electron chi connectivity index (χ1n) is 15.5. The molecule has 1 amide bonds. The lowest BCUT2D eigenvalue weighted by Crippen LogP contribution is -2.54. The largest absolute Gasteiger partial charge is 0.497 e. The van der Waals surface area contributed by atoms with Gasteiger partial charge in [0.25, 0.3) is 5.91 Å². The molecule has 1 fully saturated rings. The molecule has 0 bridgehead atoms. The molecule has 45 heavy (non-hydrogen) atoms. The number of methoxy groups -OCH3 is 1. The summed E-state index contributed by atoms with van der Waals surface area (Å²) in [6, 6.07) is 21.9. The zero-order valence-electron chi connectivity index (χ0n) is 25.5. The van der Waals surface area contributed by atoms with E-state index < -0.39 is 11.6 Å². The van der Waals surface area contributed by atoms with Gasteiger partial charge in [0.15, 0.2) is 11.6 Å². The number of azide groups is 1. The van der Waals surface area contributed by atoms with Gasteiger partial charge in [0.2, 0.25) is 5.90 Å². The number of carbonyl (C=O) groups is 1. The Hall–Kier alpha value is -4.57. The maximum atomic E-state index is 14.5. The molecular formula is C34H40N6O5. The second kappa shape index (κ2) is 15.4. The summed E-state index contributed by atoms with van der Waals surface area (Å²) in [5.41, 5.74) is 16.4. The topological polar surface area (TPSA) is 150 Å². The molecule has 3 N–H and O–H groups in total. The number of ether oxygens (including phenoxy) is 3. The number of nitrogens with zero attached hydrogens (tertiary/aromatic N) is 4. The molecule has 3 aromatic rings. The number of amides is 1. The first-order chi connectivity index (χ1) is 22.1. The van der Waals surface area contributed by atoms with Crippen molar-refractivity contribution in [2.75, 3.05) is 26.9 Å². The maximum Gasteiger partial charge on any atom is 0.266 e. The Labute approximate surface area is 263 Å². The zero-order chi connectivity index (χ0) is 31.5. The first-order valence-corrected chi connectivity index (χ1v) is 15.5. The zero-order valence-corrected chi connectivity index (χ0v) is 25.5. The summed E-state index contributed by atoms with van der Waals surface area (Å²) in [5.74, 6) is 1.70. The Balaban J connectivity index is 1.55. The minimum Gasteiger partial charge on any atom is -0.497 e. The van der Waals surface area contributed by atoms with Crippen LogP contribution < -0.4 is 20.3 Å². The van der Waals surface area contributed by atoms with Crippen molar-refractivity contribution in [1.29, 1.82) is 0 Å². The van der Waals surface area contributed by atoms with Crippen LogP contribution in [0.3, 0.4) is 0 Å². The number of aliphatic hydroxyl groups is 1. The van der Waals surface area contributed by atoms with E-state index in [1.807, 2.05) is 60.7 Å². The van der Waals surface area contributed by atoms with Crippen molar-refractivity contribution in [3.63, 3.8) is 0 Å². The molecule has 0 saturated heterocycles. The van der Waals surface area contributed by atoms with Crippen LogP contribution in [0.1, 0.15) is 61.3 Å². The fourth-order valence-electron chi connectivity index (χ4n) is 5.96. The van der Waals surface area contributed by atoms with E-state index in [2.05, 4.69) is 20.9 Å². The lowest BCUT2D eigenvalue weighted by molar-refractivity contribution is -0.130. The molecule has 2 aliphatic rings. The number of nitrogens with one attached hydrogen (secondary N) is 2. The molecule has 1 aliphatic carbocycles. The minimum atomic E-state index is -1.47. The van der Waals surface area contributed by atoms with Crippen molar-refractivity contribution >= 4 is 17.5 Å². The summed E-state index contributed by atoms with van der Waals surface area (Å²) in [7, 11) is 1.59. The van der Waals surface area contributed by atoms with E-state index in [4.69, 9.17) is 24.3 Å². The molecule has 0 radical (unpaired) electrons. The van der Waals surface area contributed by atoms with E-state index >= 15 is 0 Å². The summed E-state index contributed by atoms with van der Waals surface area (Å²) < 4.78 is 17.8. The van der Waals surface area contributed by atoms with Crippen molar-refractivity contribution < 1.29 is 24.1 Å². The van der Waals surface area contributed by atoms with E-state index in [0.29, 0.717) is 65.3 Å². The molecule has 1 heterocycles. The monoisotopic (exact) mass is 612 g/mol. The van der Waals surface area contributed by atoms with Crippen LogP contribution in [0.25, 0.3) is 10.4 Å². The van der Waals surface area contributed by atoms with Crippen LogP contribution in [0.4, 0.5) is 5.69 Å². The standard InChI is InChI=1S/C34H40N6O5/c1-43-29-13-7-12-26(21-29)31-34(22-27-11-5-6-14-30(27)38-40-35,33(42)39-36-23-24-9-3-2-4-10-24)37-32(45-31)25-15-17-28(18-16-25)44-20-8-19-41/h5-7,11-18,21,24,31,36,41H,2-4,8-10,19-20,22-23H2,1H3,(H,39,42)/t31-,34-/m0/s1. The summed E-state index contributed by atoms with van der Waals surface area (Å²) in [4.78, 5) is 22.5. The average Bonchev–Trinajstić information content (AvgIpc) is 3.47.